The van der Waals surface area contributed by atoms with Crippen molar-refractivity contribution in [2.45, 2.75) is 52.5 Å². The molecule has 194 valence electrons. The highest BCUT2D eigenvalue weighted by Crippen LogP contribution is 2.48. The number of rotatable bonds is 11. The summed E-state index contributed by atoms with van der Waals surface area (Å²) < 4.78 is 11.8. The molecule has 2 amide bonds. The summed E-state index contributed by atoms with van der Waals surface area (Å²) in [6.07, 6.45) is 1.60. The Labute approximate surface area is 214 Å². The second-order valence-electron chi connectivity index (χ2n) is 9.29. The highest BCUT2D eigenvalue weighted by Gasteiger charge is 2.46. The molecule has 2 aromatic rings. The van der Waals surface area contributed by atoms with Gasteiger partial charge in [-0.2, -0.15) is 0 Å². The van der Waals surface area contributed by atoms with Gasteiger partial charge < -0.3 is 24.6 Å². The van der Waals surface area contributed by atoms with Crippen LogP contribution in [0.15, 0.2) is 36.4 Å². The van der Waals surface area contributed by atoms with Gasteiger partial charge in [-0.3, -0.25) is 9.59 Å². The second kappa shape index (κ2) is 11.8. The van der Waals surface area contributed by atoms with Gasteiger partial charge in [-0.05, 0) is 81.2 Å². The van der Waals surface area contributed by atoms with Crippen LogP contribution < -0.4 is 14.8 Å². The number of benzene rings is 2. The van der Waals surface area contributed by atoms with E-state index in [0.29, 0.717) is 49.8 Å². The minimum Gasteiger partial charge on any atom is -0.490 e. The fraction of sp³-hybridized carbons (Fsp3) is 0.517. The zero-order valence-electron chi connectivity index (χ0n) is 22.0. The Morgan fingerprint density at radius 2 is 1.72 bits per heavy atom. The lowest BCUT2D eigenvalue weighted by Gasteiger charge is -2.45. The maximum Gasteiger partial charge on any atom is 0.254 e. The van der Waals surface area contributed by atoms with Gasteiger partial charge in [0.15, 0.2) is 11.5 Å². The maximum absolute atomic E-state index is 13.8. The summed E-state index contributed by atoms with van der Waals surface area (Å²) >= 11 is 0. The first-order valence-electron chi connectivity index (χ1n) is 13.4. The van der Waals surface area contributed by atoms with Crippen LogP contribution in [0, 0.1) is 0 Å². The number of fused-ring (bicyclic) bond motifs is 4. The summed E-state index contributed by atoms with van der Waals surface area (Å²) in [6.45, 7) is 13.4. The van der Waals surface area contributed by atoms with E-state index in [4.69, 9.17) is 9.47 Å². The van der Waals surface area contributed by atoms with Crippen molar-refractivity contribution in [3.63, 3.8) is 0 Å². The average molecular weight is 494 g/mol. The monoisotopic (exact) mass is 493 g/mol. The first-order valence-corrected chi connectivity index (χ1v) is 13.4. The molecule has 0 bridgehead atoms. The molecule has 2 aliphatic rings. The van der Waals surface area contributed by atoms with Crippen LogP contribution in [0.5, 0.6) is 11.5 Å². The molecule has 0 unspecified atom stereocenters. The molecular weight excluding hydrogens is 454 g/mol. The molecule has 0 fully saturated rings. The minimum atomic E-state index is -0.487. The van der Waals surface area contributed by atoms with Crippen molar-refractivity contribution in [1.82, 2.24) is 15.1 Å². The Hall–Kier alpha value is -3.06. The molecule has 2 heterocycles. The maximum atomic E-state index is 13.8. The lowest BCUT2D eigenvalue weighted by atomic mass is 9.75. The summed E-state index contributed by atoms with van der Waals surface area (Å²) in [7, 11) is 0. The normalized spacial score (nSPS) is 18.4. The number of carbonyl (C=O) groups is 2. The number of nitrogens with one attached hydrogen (secondary N) is 1. The molecule has 0 radical (unpaired) electrons. The van der Waals surface area contributed by atoms with Crippen LogP contribution in [0.4, 0.5) is 0 Å². The molecule has 0 saturated carbocycles. The van der Waals surface area contributed by atoms with E-state index in [-0.39, 0.29) is 17.9 Å². The first kappa shape index (κ1) is 26.0. The number of amides is 2. The summed E-state index contributed by atoms with van der Waals surface area (Å²) in [4.78, 5) is 31.5. The zero-order valence-corrected chi connectivity index (χ0v) is 22.0. The van der Waals surface area contributed by atoms with Gasteiger partial charge in [-0.15, -0.1) is 0 Å². The smallest absolute Gasteiger partial charge is 0.254 e. The van der Waals surface area contributed by atoms with E-state index in [1.807, 2.05) is 55.1 Å². The van der Waals surface area contributed by atoms with Gasteiger partial charge in [0.25, 0.3) is 5.91 Å². The average Bonchev–Trinajstić information content (AvgIpc) is 2.89. The Bertz CT molecular complexity index is 1080. The largest absolute Gasteiger partial charge is 0.490 e. The van der Waals surface area contributed by atoms with Crippen LogP contribution in [-0.4, -0.2) is 67.6 Å². The van der Waals surface area contributed by atoms with Crippen molar-refractivity contribution < 1.29 is 19.1 Å². The van der Waals surface area contributed by atoms with Crippen LogP contribution in [0.2, 0.25) is 0 Å². The summed E-state index contributed by atoms with van der Waals surface area (Å²) in [5, 5.41) is 3.19. The van der Waals surface area contributed by atoms with E-state index in [2.05, 4.69) is 24.1 Å². The standard InChI is InChI=1S/C29H39N3O4/c1-5-31(6-2)16-11-15-30-28(33)26-21-12-9-10-13-22(21)29(34)32-17-14-20-18-24(35-7-3)25(36-8-4)19-23(20)27(26)32/h9-10,12-13,18-19,26-27H,5-8,11,14-17H2,1-4H3,(H,30,33)/t26-,27+/m0/s1. The Kier molecular flexibility index (Phi) is 8.52. The highest BCUT2D eigenvalue weighted by molar-refractivity contribution is 6.01. The summed E-state index contributed by atoms with van der Waals surface area (Å²) in [6, 6.07) is 11.2. The van der Waals surface area contributed by atoms with Gasteiger partial charge in [0.05, 0.1) is 25.2 Å². The number of hydrogen-bond acceptors (Lipinski definition) is 5. The molecule has 2 aliphatic heterocycles. The minimum absolute atomic E-state index is 0.0151. The van der Waals surface area contributed by atoms with Crippen molar-refractivity contribution in [3.8, 4) is 11.5 Å². The van der Waals surface area contributed by atoms with Crippen LogP contribution in [0.1, 0.15) is 73.1 Å². The van der Waals surface area contributed by atoms with Crippen molar-refractivity contribution in [3.05, 3.63) is 58.7 Å². The molecule has 0 aliphatic carbocycles. The third-order valence-corrected chi connectivity index (χ3v) is 7.31. The van der Waals surface area contributed by atoms with Crippen LogP contribution in [0.25, 0.3) is 0 Å². The van der Waals surface area contributed by atoms with Gasteiger partial charge in [0.2, 0.25) is 5.91 Å². The van der Waals surface area contributed by atoms with Gasteiger partial charge >= 0.3 is 0 Å². The van der Waals surface area contributed by atoms with Gasteiger partial charge in [0.1, 0.15) is 0 Å². The second-order valence-corrected chi connectivity index (χ2v) is 9.29. The molecule has 0 aromatic heterocycles. The number of carbonyl (C=O) groups excluding carboxylic acids is 2. The Morgan fingerprint density at radius 3 is 2.42 bits per heavy atom. The number of hydrogen-bond donors (Lipinski definition) is 1. The third kappa shape index (κ3) is 5.07. The van der Waals surface area contributed by atoms with Crippen LogP contribution >= 0.6 is 0 Å². The summed E-state index contributed by atoms with van der Waals surface area (Å²) in [5.41, 5.74) is 3.50. The Balaban J connectivity index is 1.70. The molecule has 1 N–H and O–H groups in total. The molecule has 4 rings (SSSR count). The van der Waals surface area contributed by atoms with Crippen molar-refractivity contribution in [1.29, 1.82) is 0 Å². The van der Waals surface area contributed by atoms with E-state index < -0.39 is 5.92 Å². The molecular formula is C29H39N3O4. The highest BCUT2D eigenvalue weighted by atomic mass is 16.5. The van der Waals surface area contributed by atoms with Gasteiger partial charge in [0, 0.05) is 18.7 Å². The lowest BCUT2D eigenvalue weighted by molar-refractivity contribution is -0.124. The fourth-order valence-corrected chi connectivity index (χ4v) is 5.52. The molecule has 0 saturated heterocycles. The molecule has 2 atom stereocenters. The van der Waals surface area contributed by atoms with Crippen LogP contribution in [-0.2, 0) is 11.2 Å². The van der Waals surface area contributed by atoms with Gasteiger partial charge in [-0.25, -0.2) is 0 Å². The van der Waals surface area contributed by atoms with Crippen molar-refractivity contribution in [2.24, 2.45) is 0 Å². The molecule has 0 spiro atoms. The number of ether oxygens (including phenoxy) is 2. The SMILES string of the molecule is CCOc1cc2c(cc1OCC)[C@@H]1[C@@H](C(=O)NCCCN(CC)CC)c3ccccc3C(=O)N1CC2. The fourth-order valence-electron chi connectivity index (χ4n) is 5.52. The van der Waals surface area contributed by atoms with E-state index >= 15 is 0 Å². The third-order valence-electron chi connectivity index (χ3n) is 7.31. The molecule has 36 heavy (non-hydrogen) atoms. The molecule has 2 aromatic carbocycles. The topological polar surface area (TPSA) is 71.1 Å². The molecule has 7 nitrogen and oxygen atoms in total. The van der Waals surface area contributed by atoms with Crippen molar-refractivity contribution in [2.75, 3.05) is 45.9 Å². The van der Waals surface area contributed by atoms with Gasteiger partial charge in [-0.1, -0.05) is 32.0 Å². The first-order chi connectivity index (χ1) is 17.5. The predicted molar refractivity (Wildman–Crippen MR) is 141 cm³/mol. The van der Waals surface area contributed by atoms with E-state index in [9.17, 15) is 9.59 Å². The van der Waals surface area contributed by atoms with E-state index in [1.165, 1.54) is 0 Å². The predicted octanol–water partition coefficient (Wildman–Crippen LogP) is 4.17. The number of nitrogens with zero attached hydrogens (tertiary/aromatic N) is 2. The van der Waals surface area contributed by atoms with E-state index in [1.54, 1.807) is 0 Å². The van der Waals surface area contributed by atoms with Crippen molar-refractivity contribution >= 4 is 11.8 Å². The quantitative estimate of drug-likeness (QED) is 0.476. The Morgan fingerprint density at radius 1 is 1.03 bits per heavy atom. The summed E-state index contributed by atoms with van der Waals surface area (Å²) in [5.74, 6) is 0.831. The van der Waals surface area contributed by atoms with E-state index in [0.717, 1.165) is 42.7 Å². The van der Waals surface area contributed by atoms with Crippen LogP contribution in [0.3, 0.4) is 0 Å². The lowest BCUT2D eigenvalue weighted by Crippen LogP contribution is -2.50. The zero-order chi connectivity index (χ0) is 25.7. The molecule has 7 heteroatoms.